The van der Waals surface area contributed by atoms with Crippen LogP contribution in [0.4, 0.5) is 0 Å². The first-order chi connectivity index (χ1) is 11.7. The standard InChI is InChI=1S/C18H22N2O2S2/c21-16(9-10-19-18(22)15-8-4-12-24-15)20-17(13-5-1-2-6-13)14-7-3-11-23-14/h3-4,7-8,11-13,17H,1-2,5-6,9-10H2,(H,19,22)(H,20,21). The summed E-state index contributed by atoms with van der Waals surface area (Å²) in [4.78, 5) is 26.1. The van der Waals surface area contributed by atoms with E-state index in [1.807, 2.05) is 17.5 Å². The monoisotopic (exact) mass is 362 g/mol. The summed E-state index contributed by atoms with van der Waals surface area (Å²) >= 11 is 3.11. The zero-order chi connectivity index (χ0) is 16.8. The maximum Gasteiger partial charge on any atom is 0.261 e. The van der Waals surface area contributed by atoms with E-state index < -0.39 is 0 Å². The second-order valence-corrected chi connectivity index (χ2v) is 8.02. The topological polar surface area (TPSA) is 58.2 Å². The fourth-order valence-corrected chi connectivity index (χ4v) is 4.72. The first kappa shape index (κ1) is 17.2. The molecule has 0 saturated heterocycles. The molecule has 0 radical (unpaired) electrons. The van der Waals surface area contributed by atoms with Gasteiger partial charge in [-0.25, -0.2) is 0 Å². The Balaban J connectivity index is 1.49. The lowest BCUT2D eigenvalue weighted by Gasteiger charge is -2.23. The van der Waals surface area contributed by atoms with Gasteiger partial charge in [-0.3, -0.25) is 9.59 Å². The van der Waals surface area contributed by atoms with Gasteiger partial charge < -0.3 is 10.6 Å². The first-order valence-electron chi connectivity index (χ1n) is 8.38. The van der Waals surface area contributed by atoms with E-state index in [0.717, 1.165) is 0 Å². The van der Waals surface area contributed by atoms with E-state index in [1.54, 1.807) is 17.4 Å². The molecular weight excluding hydrogens is 340 g/mol. The second-order valence-electron chi connectivity index (χ2n) is 6.09. The molecular formula is C18H22N2O2S2. The third-order valence-electron chi connectivity index (χ3n) is 4.42. The summed E-state index contributed by atoms with van der Waals surface area (Å²) < 4.78 is 0. The van der Waals surface area contributed by atoms with E-state index in [-0.39, 0.29) is 17.9 Å². The van der Waals surface area contributed by atoms with Gasteiger partial charge in [0.25, 0.3) is 5.91 Å². The molecule has 2 amide bonds. The summed E-state index contributed by atoms with van der Waals surface area (Å²) in [6, 6.07) is 7.89. The maximum atomic E-state index is 12.3. The van der Waals surface area contributed by atoms with Crippen molar-refractivity contribution in [1.82, 2.24) is 10.6 Å². The van der Waals surface area contributed by atoms with Gasteiger partial charge in [-0.1, -0.05) is 25.0 Å². The summed E-state index contributed by atoms with van der Waals surface area (Å²) in [5, 5.41) is 9.93. The second kappa shape index (κ2) is 8.44. The van der Waals surface area contributed by atoms with Crippen LogP contribution >= 0.6 is 22.7 Å². The highest BCUT2D eigenvalue weighted by molar-refractivity contribution is 7.12. The summed E-state index contributed by atoms with van der Waals surface area (Å²) in [7, 11) is 0. The third kappa shape index (κ3) is 4.45. The van der Waals surface area contributed by atoms with Gasteiger partial charge in [0.2, 0.25) is 5.91 Å². The molecule has 1 aliphatic rings. The lowest BCUT2D eigenvalue weighted by Crippen LogP contribution is -2.35. The van der Waals surface area contributed by atoms with Gasteiger partial charge in [-0.2, -0.15) is 0 Å². The molecule has 1 unspecified atom stereocenters. The molecule has 0 aliphatic heterocycles. The molecule has 2 heterocycles. The number of carbonyl (C=O) groups excluding carboxylic acids is 2. The van der Waals surface area contributed by atoms with Crippen molar-refractivity contribution in [2.45, 2.75) is 38.1 Å². The normalized spacial score (nSPS) is 16.0. The minimum atomic E-state index is -0.108. The minimum Gasteiger partial charge on any atom is -0.351 e. The van der Waals surface area contributed by atoms with Gasteiger partial charge in [0, 0.05) is 17.8 Å². The van der Waals surface area contributed by atoms with E-state index >= 15 is 0 Å². The average Bonchev–Trinajstić information content (AvgIpc) is 3.36. The zero-order valence-electron chi connectivity index (χ0n) is 13.5. The Bertz CT molecular complexity index is 647. The summed E-state index contributed by atoms with van der Waals surface area (Å²) in [6.45, 7) is 0.365. The smallest absolute Gasteiger partial charge is 0.261 e. The van der Waals surface area contributed by atoms with Gasteiger partial charge in [0.15, 0.2) is 0 Å². The third-order valence-corrected chi connectivity index (χ3v) is 6.24. The first-order valence-corrected chi connectivity index (χ1v) is 10.1. The molecule has 4 nitrogen and oxygen atoms in total. The number of hydrogen-bond donors (Lipinski definition) is 2. The van der Waals surface area contributed by atoms with Crippen LogP contribution in [0.1, 0.15) is 52.7 Å². The number of hydrogen-bond acceptors (Lipinski definition) is 4. The highest BCUT2D eigenvalue weighted by Crippen LogP contribution is 2.37. The molecule has 2 N–H and O–H groups in total. The fraction of sp³-hybridized carbons (Fsp3) is 0.444. The molecule has 6 heteroatoms. The summed E-state index contributed by atoms with van der Waals surface area (Å²) in [6.07, 6.45) is 5.17. The minimum absolute atomic E-state index is 0.00628. The van der Waals surface area contributed by atoms with E-state index in [2.05, 4.69) is 22.1 Å². The molecule has 2 aromatic heterocycles. The van der Waals surface area contributed by atoms with Crippen LogP contribution in [0.15, 0.2) is 35.0 Å². The zero-order valence-corrected chi connectivity index (χ0v) is 15.1. The van der Waals surface area contributed by atoms with Crippen molar-refractivity contribution in [3.8, 4) is 0 Å². The Morgan fingerprint density at radius 3 is 2.54 bits per heavy atom. The van der Waals surface area contributed by atoms with Crippen LogP contribution in [0.5, 0.6) is 0 Å². The summed E-state index contributed by atoms with van der Waals surface area (Å²) in [5.41, 5.74) is 0. The highest BCUT2D eigenvalue weighted by Gasteiger charge is 2.28. The van der Waals surface area contributed by atoms with Gasteiger partial charge in [-0.05, 0) is 41.7 Å². The molecule has 2 aromatic rings. The molecule has 0 spiro atoms. The molecule has 1 atom stereocenters. The number of amides is 2. The maximum absolute atomic E-state index is 12.3. The van der Waals surface area contributed by atoms with E-state index in [0.29, 0.717) is 23.8 Å². The lowest BCUT2D eigenvalue weighted by atomic mass is 9.96. The predicted molar refractivity (Wildman–Crippen MR) is 98.4 cm³/mol. The SMILES string of the molecule is O=C(CCNC(=O)c1cccs1)NC(c1cccs1)C1CCCC1. The van der Waals surface area contributed by atoms with Crippen LogP contribution in [0.2, 0.25) is 0 Å². The van der Waals surface area contributed by atoms with Crippen LogP contribution in [0.25, 0.3) is 0 Å². The number of rotatable bonds is 7. The van der Waals surface area contributed by atoms with Crippen molar-refractivity contribution < 1.29 is 9.59 Å². The van der Waals surface area contributed by atoms with Crippen molar-refractivity contribution in [2.24, 2.45) is 5.92 Å². The van der Waals surface area contributed by atoms with E-state index in [1.165, 1.54) is 41.9 Å². The van der Waals surface area contributed by atoms with Gasteiger partial charge in [-0.15, -0.1) is 22.7 Å². The molecule has 0 bridgehead atoms. The Morgan fingerprint density at radius 2 is 1.88 bits per heavy atom. The molecule has 128 valence electrons. The summed E-state index contributed by atoms with van der Waals surface area (Å²) in [5.74, 6) is 0.434. The Kier molecular flexibility index (Phi) is 6.04. The largest absolute Gasteiger partial charge is 0.351 e. The Labute approximate surface area is 150 Å². The van der Waals surface area contributed by atoms with Gasteiger partial charge in [0.05, 0.1) is 10.9 Å². The van der Waals surface area contributed by atoms with Gasteiger partial charge >= 0.3 is 0 Å². The van der Waals surface area contributed by atoms with Crippen LogP contribution < -0.4 is 10.6 Å². The average molecular weight is 363 g/mol. The van der Waals surface area contributed by atoms with Crippen LogP contribution in [0, 0.1) is 5.92 Å². The molecule has 24 heavy (non-hydrogen) atoms. The van der Waals surface area contributed by atoms with Crippen LogP contribution in [-0.2, 0) is 4.79 Å². The molecule has 1 fully saturated rings. The van der Waals surface area contributed by atoms with Crippen molar-refractivity contribution in [3.63, 3.8) is 0 Å². The van der Waals surface area contributed by atoms with Crippen molar-refractivity contribution in [2.75, 3.05) is 6.54 Å². The number of carbonyl (C=O) groups is 2. The van der Waals surface area contributed by atoms with Crippen molar-refractivity contribution in [1.29, 1.82) is 0 Å². The van der Waals surface area contributed by atoms with Crippen molar-refractivity contribution in [3.05, 3.63) is 44.8 Å². The molecule has 1 aliphatic carbocycles. The molecule has 1 saturated carbocycles. The van der Waals surface area contributed by atoms with Crippen LogP contribution in [-0.4, -0.2) is 18.4 Å². The molecule has 3 rings (SSSR count). The quantitative estimate of drug-likeness (QED) is 0.783. The highest BCUT2D eigenvalue weighted by atomic mass is 32.1. The van der Waals surface area contributed by atoms with Gasteiger partial charge in [0.1, 0.15) is 0 Å². The molecule has 0 aromatic carbocycles. The number of nitrogens with one attached hydrogen (secondary N) is 2. The van der Waals surface area contributed by atoms with E-state index in [9.17, 15) is 9.59 Å². The lowest BCUT2D eigenvalue weighted by molar-refractivity contribution is -0.122. The number of thiophene rings is 2. The fourth-order valence-electron chi connectivity index (χ4n) is 3.21. The predicted octanol–water partition coefficient (Wildman–Crippen LogP) is 3.98. The van der Waals surface area contributed by atoms with E-state index in [4.69, 9.17) is 0 Å². The van der Waals surface area contributed by atoms with Crippen molar-refractivity contribution >= 4 is 34.5 Å². The Morgan fingerprint density at radius 1 is 1.12 bits per heavy atom. The Hall–Kier alpha value is -1.66. The van der Waals surface area contributed by atoms with Crippen LogP contribution in [0.3, 0.4) is 0 Å².